The van der Waals surface area contributed by atoms with Crippen LogP contribution in [-0.4, -0.2) is 51.1 Å². The molecule has 0 amide bonds. The van der Waals surface area contributed by atoms with Gasteiger partial charge in [-0.25, -0.2) is 4.79 Å². The fourth-order valence-electron chi connectivity index (χ4n) is 0. The van der Waals surface area contributed by atoms with Crippen LogP contribution in [0.25, 0.3) is 0 Å². The van der Waals surface area contributed by atoms with E-state index in [-0.39, 0.29) is 65.7 Å². The molecule has 0 saturated carbocycles. The Bertz CT molecular complexity index is 40.3. The van der Waals surface area contributed by atoms with Crippen LogP contribution in [0.15, 0.2) is 0 Å². The van der Waals surface area contributed by atoms with E-state index in [1.807, 2.05) is 0 Å². The molecule has 38 valence electrons. The van der Waals surface area contributed by atoms with Gasteiger partial charge in [-0.05, 0) is 0 Å². The van der Waals surface area contributed by atoms with Crippen molar-refractivity contribution >= 4 is 40.9 Å². The van der Waals surface area contributed by atoms with Crippen LogP contribution in [0.3, 0.4) is 0 Å². The number of hydrogen-bond donors (Lipinski definition) is 2. The van der Waals surface area contributed by atoms with Gasteiger partial charge in [0.15, 0.2) is 34.7 Å². The van der Waals surface area contributed by atoms with Gasteiger partial charge in [-0.1, -0.05) is 0 Å². The summed E-state index contributed by atoms with van der Waals surface area (Å²) < 4.78 is 0. The molecular formula is CH9Al2NaO3. The predicted octanol–water partition coefficient (Wildman–Crippen LogP) is -5.03. The molecule has 7 heavy (non-hydrogen) atoms. The van der Waals surface area contributed by atoms with Crippen LogP contribution in [0.5, 0.6) is 0 Å². The summed E-state index contributed by atoms with van der Waals surface area (Å²) in [6, 6.07) is 0. The van der Waals surface area contributed by atoms with E-state index in [1.54, 1.807) is 0 Å². The molecule has 0 spiro atoms. The Labute approximate surface area is 86.1 Å². The summed E-state index contributed by atoms with van der Waals surface area (Å²) in [6.45, 7) is 0. The smallest absolute Gasteiger partial charge is 1.00 e. The van der Waals surface area contributed by atoms with E-state index < -0.39 is 6.16 Å². The van der Waals surface area contributed by atoms with Crippen molar-refractivity contribution in [3.63, 3.8) is 0 Å². The molecular weight excluding hydrogens is 137 g/mol. The van der Waals surface area contributed by atoms with Gasteiger partial charge in [0.1, 0.15) is 0 Å². The molecule has 0 aromatic carbocycles. The molecule has 0 aliphatic carbocycles. The van der Waals surface area contributed by atoms with Crippen molar-refractivity contribution in [2.75, 3.05) is 0 Å². The molecule has 0 aromatic heterocycles. The summed E-state index contributed by atoms with van der Waals surface area (Å²) in [5.41, 5.74) is 0. The molecule has 0 heterocycles. The molecule has 0 atom stereocenters. The average molecular weight is 146 g/mol. The van der Waals surface area contributed by atoms with E-state index in [9.17, 15) is 0 Å². The zero-order chi connectivity index (χ0) is 3.58. The predicted molar refractivity (Wildman–Crippen MR) is 31.6 cm³/mol. The Balaban J connectivity index is -0.00000000750. The minimum Gasteiger partial charge on any atom is -1.00 e. The summed E-state index contributed by atoms with van der Waals surface area (Å²) >= 11 is 0. The second kappa shape index (κ2) is 15.7. The van der Waals surface area contributed by atoms with Crippen molar-refractivity contribution in [3.8, 4) is 0 Å². The molecule has 0 unspecified atom stereocenters. The number of carbonyl (C=O) groups is 1. The maximum Gasteiger partial charge on any atom is 1.00 e. The van der Waals surface area contributed by atoms with Crippen molar-refractivity contribution in [2.45, 2.75) is 0 Å². The molecule has 0 aromatic rings. The summed E-state index contributed by atoms with van der Waals surface area (Å²) in [7, 11) is 0. The van der Waals surface area contributed by atoms with Crippen LogP contribution in [0, 0.1) is 0 Å². The first kappa shape index (κ1) is 23.9. The minimum atomic E-state index is -1.83. The van der Waals surface area contributed by atoms with E-state index in [1.165, 1.54) is 0 Å². The normalized spacial score (nSPS) is 3.43. The summed E-state index contributed by atoms with van der Waals surface area (Å²) in [5, 5.41) is 13.9. The maximum atomic E-state index is 8.56. The van der Waals surface area contributed by atoms with Crippen LogP contribution in [0.4, 0.5) is 4.79 Å². The first-order chi connectivity index (χ1) is 1.73. The molecule has 0 saturated heterocycles. The first-order valence-corrected chi connectivity index (χ1v) is 0.651. The van der Waals surface area contributed by atoms with E-state index in [0.717, 1.165) is 0 Å². The van der Waals surface area contributed by atoms with Gasteiger partial charge in [0.25, 0.3) is 0 Å². The average Bonchev–Trinajstić information content (AvgIpc) is 0.811. The van der Waals surface area contributed by atoms with Gasteiger partial charge in [-0.15, -0.1) is 0 Å². The fraction of sp³-hybridized carbons (Fsp3) is 0. The van der Waals surface area contributed by atoms with Gasteiger partial charge in [-0.3, -0.25) is 0 Å². The Kier molecular flexibility index (Phi) is 53.4. The van der Waals surface area contributed by atoms with Crippen LogP contribution in [0.1, 0.15) is 1.43 Å². The SMILES string of the molecule is O=C(O)O.[AlH3].[AlH3].[H-].[Na+]. The van der Waals surface area contributed by atoms with Crippen LogP contribution in [-0.2, 0) is 0 Å². The molecule has 3 nitrogen and oxygen atoms in total. The third-order valence-electron chi connectivity index (χ3n) is 0. The number of carboxylic acid groups (broad SMARTS) is 2. The van der Waals surface area contributed by atoms with Crippen LogP contribution < -0.4 is 29.6 Å². The van der Waals surface area contributed by atoms with E-state index in [0.29, 0.717) is 0 Å². The molecule has 0 fully saturated rings. The fourth-order valence-corrected chi connectivity index (χ4v) is 0. The second-order valence-corrected chi connectivity index (χ2v) is 0.283. The first-order valence-electron chi connectivity index (χ1n) is 0.651. The Morgan fingerprint density at radius 3 is 1.29 bits per heavy atom. The van der Waals surface area contributed by atoms with Gasteiger partial charge in [0.05, 0.1) is 0 Å². The molecule has 2 N–H and O–H groups in total. The molecule has 0 aliphatic heterocycles. The van der Waals surface area contributed by atoms with Gasteiger partial charge < -0.3 is 11.6 Å². The third-order valence-corrected chi connectivity index (χ3v) is 0. The zero-order valence-electron chi connectivity index (χ0n) is 3.80. The topological polar surface area (TPSA) is 57.5 Å². The van der Waals surface area contributed by atoms with E-state index in [4.69, 9.17) is 15.0 Å². The van der Waals surface area contributed by atoms with Crippen molar-refractivity contribution in [1.82, 2.24) is 0 Å². The van der Waals surface area contributed by atoms with Crippen molar-refractivity contribution in [1.29, 1.82) is 0 Å². The molecule has 0 aliphatic rings. The monoisotopic (exact) mass is 146 g/mol. The van der Waals surface area contributed by atoms with Crippen molar-refractivity contribution < 1.29 is 46.0 Å². The second-order valence-electron chi connectivity index (χ2n) is 0.283. The van der Waals surface area contributed by atoms with Gasteiger partial charge >= 0.3 is 35.7 Å². The van der Waals surface area contributed by atoms with Crippen LogP contribution >= 0.6 is 0 Å². The van der Waals surface area contributed by atoms with Crippen LogP contribution in [0.2, 0.25) is 0 Å². The number of rotatable bonds is 0. The van der Waals surface area contributed by atoms with Crippen molar-refractivity contribution in [3.05, 3.63) is 0 Å². The van der Waals surface area contributed by atoms with E-state index in [2.05, 4.69) is 0 Å². The summed E-state index contributed by atoms with van der Waals surface area (Å²) in [4.78, 5) is 8.56. The van der Waals surface area contributed by atoms with Gasteiger partial charge in [-0.2, -0.15) is 0 Å². The summed E-state index contributed by atoms with van der Waals surface area (Å²) in [5.74, 6) is 0. The quantitative estimate of drug-likeness (QED) is 0.336. The zero-order valence-corrected chi connectivity index (χ0v) is 4.80. The minimum absolute atomic E-state index is 0. The Morgan fingerprint density at radius 1 is 1.29 bits per heavy atom. The molecule has 0 bridgehead atoms. The number of hydrogen-bond acceptors (Lipinski definition) is 1. The van der Waals surface area contributed by atoms with Gasteiger partial charge in [0.2, 0.25) is 0 Å². The molecule has 0 radical (unpaired) electrons. The molecule has 0 rings (SSSR count). The van der Waals surface area contributed by atoms with Gasteiger partial charge in [0, 0.05) is 0 Å². The van der Waals surface area contributed by atoms with E-state index >= 15 is 0 Å². The Hall–Kier alpha value is 1.33. The summed E-state index contributed by atoms with van der Waals surface area (Å²) in [6.07, 6.45) is -1.83. The largest absolute Gasteiger partial charge is 1.00 e. The maximum absolute atomic E-state index is 8.56. The Morgan fingerprint density at radius 2 is 1.29 bits per heavy atom. The standard InChI is InChI=1S/CH2O3.2Al.Na.7H/c2-1(3)4;;;;;;;;;;/h(H2,2,3,4);;;;;;;;;;/q;;;+1;;;;;;;-1. The third kappa shape index (κ3) is 117. The molecule has 6 heteroatoms. The van der Waals surface area contributed by atoms with Crippen molar-refractivity contribution in [2.24, 2.45) is 0 Å².